The summed E-state index contributed by atoms with van der Waals surface area (Å²) in [5.74, 6) is -1.09. The molecule has 1 aromatic heterocycles. The Morgan fingerprint density at radius 2 is 2.13 bits per heavy atom. The summed E-state index contributed by atoms with van der Waals surface area (Å²) in [4.78, 5) is 25.7. The standard InChI is InChI=1S/C14H21N3O4S2/c1-9-5-6-11(22-9)12(18)14(23(2,20)21)17-16-13(19)10-4-3-7-15-8-10/h5-6,10,14-15,17H,3-4,7-8H2,1-2H3,(H,16,19). The highest BCUT2D eigenvalue weighted by Gasteiger charge is 2.32. The van der Waals surface area contributed by atoms with Crippen molar-refractivity contribution >= 4 is 32.9 Å². The number of rotatable bonds is 6. The first kappa shape index (κ1) is 18.1. The molecule has 2 atom stereocenters. The molecule has 1 aromatic rings. The summed E-state index contributed by atoms with van der Waals surface area (Å²) < 4.78 is 23.8. The minimum atomic E-state index is -3.71. The van der Waals surface area contributed by atoms with Crippen molar-refractivity contribution < 1.29 is 18.0 Å². The molecule has 0 spiro atoms. The molecule has 2 unspecified atom stereocenters. The van der Waals surface area contributed by atoms with E-state index < -0.39 is 21.0 Å². The molecular formula is C14H21N3O4S2. The molecule has 0 bridgehead atoms. The van der Waals surface area contributed by atoms with E-state index in [-0.39, 0.29) is 11.8 Å². The molecule has 2 heterocycles. The SMILES string of the molecule is Cc1ccc(C(=O)C(NNC(=O)C2CCCNC2)S(C)(=O)=O)s1. The first-order valence-corrected chi connectivity index (χ1v) is 10.1. The van der Waals surface area contributed by atoms with Crippen LogP contribution in [0.3, 0.4) is 0 Å². The third-order valence-corrected chi connectivity index (χ3v) is 5.85. The van der Waals surface area contributed by atoms with Crippen molar-refractivity contribution in [2.75, 3.05) is 19.3 Å². The maximum absolute atomic E-state index is 12.4. The molecule has 0 aromatic carbocycles. The van der Waals surface area contributed by atoms with Gasteiger partial charge in [0.1, 0.15) is 0 Å². The molecule has 1 aliphatic rings. The summed E-state index contributed by atoms with van der Waals surface area (Å²) in [7, 11) is -3.71. The highest BCUT2D eigenvalue weighted by atomic mass is 32.2. The van der Waals surface area contributed by atoms with E-state index in [0.29, 0.717) is 11.4 Å². The second-order valence-electron chi connectivity index (χ2n) is 5.66. The molecule has 9 heteroatoms. The van der Waals surface area contributed by atoms with Crippen molar-refractivity contribution in [1.82, 2.24) is 16.2 Å². The van der Waals surface area contributed by atoms with E-state index in [1.807, 2.05) is 6.92 Å². The number of amides is 1. The Morgan fingerprint density at radius 1 is 1.39 bits per heavy atom. The Kier molecular flexibility index (Phi) is 5.90. The number of ketones is 1. The van der Waals surface area contributed by atoms with E-state index in [9.17, 15) is 18.0 Å². The molecule has 1 saturated heterocycles. The number of aryl methyl sites for hydroxylation is 1. The van der Waals surface area contributed by atoms with Crippen LogP contribution in [0, 0.1) is 12.8 Å². The van der Waals surface area contributed by atoms with Gasteiger partial charge in [-0.3, -0.25) is 15.0 Å². The number of hydrazine groups is 1. The van der Waals surface area contributed by atoms with Crippen molar-refractivity contribution in [3.05, 3.63) is 21.9 Å². The van der Waals surface area contributed by atoms with Gasteiger partial charge in [-0.1, -0.05) is 0 Å². The molecule has 1 fully saturated rings. The van der Waals surface area contributed by atoms with Gasteiger partial charge >= 0.3 is 0 Å². The number of carbonyl (C=O) groups is 2. The van der Waals surface area contributed by atoms with Gasteiger partial charge in [-0.25, -0.2) is 13.8 Å². The normalized spacial score (nSPS) is 20.0. The minimum Gasteiger partial charge on any atom is -0.316 e. The molecular weight excluding hydrogens is 338 g/mol. The van der Waals surface area contributed by atoms with E-state index in [1.165, 1.54) is 11.3 Å². The topological polar surface area (TPSA) is 104 Å². The van der Waals surface area contributed by atoms with Crippen molar-refractivity contribution in [2.45, 2.75) is 25.1 Å². The van der Waals surface area contributed by atoms with Gasteiger partial charge in [0.15, 0.2) is 15.2 Å². The maximum Gasteiger partial charge on any atom is 0.238 e. The van der Waals surface area contributed by atoms with Crippen molar-refractivity contribution in [3.8, 4) is 0 Å². The monoisotopic (exact) mass is 359 g/mol. The van der Waals surface area contributed by atoms with Crippen molar-refractivity contribution in [2.24, 2.45) is 5.92 Å². The van der Waals surface area contributed by atoms with E-state index in [1.54, 1.807) is 12.1 Å². The van der Waals surface area contributed by atoms with Gasteiger partial charge in [-0.05, 0) is 38.4 Å². The van der Waals surface area contributed by atoms with Crippen LogP contribution in [0.4, 0.5) is 0 Å². The Bertz CT molecular complexity index is 678. The van der Waals surface area contributed by atoms with Crippen LogP contribution in [0.2, 0.25) is 0 Å². The maximum atomic E-state index is 12.4. The first-order valence-electron chi connectivity index (χ1n) is 7.34. The average Bonchev–Trinajstić information content (AvgIpc) is 2.93. The Morgan fingerprint density at radius 3 is 2.65 bits per heavy atom. The van der Waals surface area contributed by atoms with E-state index in [4.69, 9.17) is 0 Å². The molecule has 128 valence electrons. The number of hydrogen-bond donors (Lipinski definition) is 3. The molecule has 7 nitrogen and oxygen atoms in total. The van der Waals surface area contributed by atoms with Crippen LogP contribution < -0.4 is 16.2 Å². The van der Waals surface area contributed by atoms with Gasteiger partial charge in [-0.15, -0.1) is 11.3 Å². The zero-order valence-electron chi connectivity index (χ0n) is 13.1. The summed E-state index contributed by atoms with van der Waals surface area (Å²) in [6, 6.07) is 3.35. The number of sulfone groups is 1. The Labute approximate surface area is 139 Å². The molecule has 3 N–H and O–H groups in total. The lowest BCUT2D eigenvalue weighted by molar-refractivity contribution is -0.126. The summed E-state index contributed by atoms with van der Waals surface area (Å²) in [5, 5.41) is 1.63. The summed E-state index contributed by atoms with van der Waals surface area (Å²) in [6.45, 7) is 3.26. The quantitative estimate of drug-likeness (QED) is 0.496. The zero-order valence-corrected chi connectivity index (χ0v) is 14.7. The molecule has 1 amide bonds. The van der Waals surface area contributed by atoms with Gasteiger partial charge in [0.2, 0.25) is 11.7 Å². The van der Waals surface area contributed by atoms with Gasteiger partial charge in [0, 0.05) is 17.7 Å². The van der Waals surface area contributed by atoms with Crippen LogP contribution in [0.15, 0.2) is 12.1 Å². The van der Waals surface area contributed by atoms with Crippen LogP contribution in [0.25, 0.3) is 0 Å². The molecule has 0 aliphatic carbocycles. The number of carbonyl (C=O) groups excluding carboxylic acids is 2. The summed E-state index contributed by atoms with van der Waals surface area (Å²) in [5.41, 5.74) is 4.80. The van der Waals surface area contributed by atoms with Crippen molar-refractivity contribution in [3.63, 3.8) is 0 Å². The predicted octanol–water partition coefficient (Wildman–Crippen LogP) is 0.230. The fourth-order valence-electron chi connectivity index (χ4n) is 2.38. The third-order valence-electron chi connectivity index (χ3n) is 3.64. The molecule has 0 radical (unpaired) electrons. The van der Waals surface area contributed by atoms with Gasteiger partial charge in [-0.2, -0.15) is 0 Å². The first-order chi connectivity index (χ1) is 10.8. The molecule has 2 rings (SSSR count). The zero-order chi connectivity index (χ0) is 17.0. The number of thiophene rings is 1. The van der Waals surface area contributed by atoms with Crippen LogP contribution in [0.5, 0.6) is 0 Å². The van der Waals surface area contributed by atoms with Gasteiger partial charge in [0.05, 0.1) is 10.8 Å². The van der Waals surface area contributed by atoms with Crippen LogP contribution in [0.1, 0.15) is 27.4 Å². The van der Waals surface area contributed by atoms with Crippen LogP contribution >= 0.6 is 11.3 Å². The fourth-order valence-corrected chi connectivity index (χ4v) is 4.08. The minimum absolute atomic E-state index is 0.226. The summed E-state index contributed by atoms with van der Waals surface area (Å²) >= 11 is 1.23. The number of hydrogen-bond acceptors (Lipinski definition) is 7. The smallest absolute Gasteiger partial charge is 0.238 e. The second kappa shape index (κ2) is 7.52. The van der Waals surface area contributed by atoms with E-state index in [2.05, 4.69) is 16.2 Å². The molecule has 23 heavy (non-hydrogen) atoms. The number of piperidine rings is 1. The summed E-state index contributed by atoms with van der Waals surface area (Å²) in [6.07, 6.45) is 2.60. The average molecular weight is 359 g/mol. The van der Waals surface area contributed by atoms with Crippen LogP contribution in [-0.4, -0.2) is 44.8 Å². The lowest BCUT2D eigenvalue weighted by Crippen LogP contribution is -2.54. The lowest BCUT2D eigenvalue weighted by Gasteiger charge is -2.23. The molecule has 1 aliphatic heterocycles. The Hall–Kier alpha value is -1.29. The second-order valence-corrected chi connectivity index (χ2v) is 9.08. The van der Waals surface area contributed by atoms with Crippen LogP contribution in [-0.2, 0) is 14.6 Å². The third kappa shape index (κ3) is 4.84. The molecule has 0 saturated carbocycles. The van der Waals surface area contributed by atoms with E-state index in [0.717, 1.165) is 30.5 Å². The predicted molar refractivity (Wildman–Crippen MR) is 88.9 cm³/mol. The van der Waals surface area contributed by atoms with Gasteiger partial charge in [0.25, 0.3) is 0 Å². The lowest BCUT2D eigenvalue weighted by atomic mass is 9.99. The highest BCUT2D eigenvalue weighted by molar-refractivity contribution is 7.92. The largest absolute Gasteiger partial charge is 0.316 e. The highest BCUT2D eigenvalue weighted by Crippen LogP contribution is 2.18. The fraction of sp³-hybridized carbons (Fsp3) is 0.571. The Balaban J connectivity index is 2.04. The van der Waals surface area contributed by atoms with Gasteiger partial charge < -0.3 is 5.32 Å². The number of Topliss-reactive ketones (excluding diaryl/α,β-unsaturated/α-hetero) is 1. The van der Waals surface area contributed by atoms with E-state index >= 15 is 0 Å². The number of nitrogens with one attached hydrogen (secondary N) is 3. The van der Waals surface area contributed by atoms with Crippen molar-refractivity contribution in [1.29, 1.82) is 0 Å².